The summed E-state index contributed by atoms with van der Waals surface area (Å²) < 4.78 is 63.9. The highest BCUT2D eigenvalue weighted by atomic mass is 31.2. The molecule has 24 nitrogen and oxygen atoms in total. The van der Waals surface area contributed by atoms with Crippen LogP contribution >= 0.6 is 7.82 Å². The number of anilines is 1. The Morgan fingerprint density at radius 1 is 0.808 bits per heavy atom. The lowest BCUT2D eigenvalue weighted by Crippen LogP contribution is -2.58. The minimum absolute atomic E-state index is 0.0676. The van der Waals surface area contributed by atoms with Gasteiger partial charge in [0.2, 0.25) is 11.8 Å². The number of carbonyl (C=O) groups excluding carboxylic acids is 7. The monoisotopic (exact) mass is 1040 g/mol. The first-order valence-corrected chi connectivity index (χ1v) is 24.1. The van der Waals surface area contributed by atoms with Gasteiger partial charge in [-0.2, -0.15) is 4.98 Å². The maximum atomic E-state index is 14.2. The van der Waals surface area contributed by atoms with Crippen molar-refractivity contribution < 1.29 is 80.1 Å². The first kappa shape index (κ1) is 58.1. The Bertz CT molecular complexity index is 2520. The normalized spacial score (nSPS) is 17.0. The predicted molar refractivity (Wildman–Crippen MR) is 258 cm³/mol. The van der Waals surface area contributed by atoms with Gasteiger partial charge in [-0.05, 0) is 42.2 Å². The summed E-state index contributed by atoms with van der Waals surface area (Å²) in [5.74, 6) is -4.51. The SMILES string of the molecule is C=CCOC(=O)Nc1ccn([C@H]2C[C@H](OC(C)=O)[C@@H](COP(=O)(OCC=C)OCC(NC(=O)[C@@H](NC(=O)OCc3ccc(OC(=O)Cc4ccccc4)cc3)C(C)C)C(=O)N[C@@H](C)C(=O)OCC=C)O2)c(=O)n1. The molecule has 1 aliphatic heterocycles. The van der Waals surface area contributed by atoms with E-state index < -0.39 is 118 Å². The van der Waals surface area contributed by atoms with Crippen molar-refractivity contribution in [1.29, 1.82) is 0 Å². The third-order valence-corrected chi connectivity index (χ3v) is 11.4. The lowest BCUT2D eigenvalue weighted by atomic mass is 10.0. The average Bonchev–Trinajstić information content (AvgIpc) is 3.75. The molecule has 73 heavy (non-hydrogen) atoms. The molecule has 4 rings (SSSR count). The Morgan fingerprint density at radius 2 is 1.49 bits per heavy atom. The fourth-order valence-corrected chi connectivity index (χ4v) is 7.61. The number of amides is 4. The molecule has 4 amide bonds. The Morgan fingerprint density at radius 3 is 2.14 bits per heavy atom. The zero-order valence-electron chi connectivity index (χ0n) is 40.6. The van der Waals surface area contributed by atoms with Crippen LogP contribution in [0, 0.1) is 5.92 Å². The molecule has 2 aromatic carbocycles. The van der Waals surface area contributed by atoms with Gasteiger partial charge in [0.05, 0.1) is 26.2 Å². The van der Waals surface area contributed by atoms with E-state index in [4.69, 9.17) is 42.0 Å². The summed E-state index contributed by atoms with van der Waals surface area (Å²) in [6.07, 6.45) is -0.266. The molecule has 4 N–H and O–H groups in total. The van der Waals surface area contributed by atoms with Crippen molar-refractivity contribution in [3.05, 3.63) is 126 Å². The van der Waals surface area contributed by atoms with Crippen LogP contribution in [-0.4, -0.2) is 115 Å². The van der Waals surface area contributed by atoms with Crippen molar-refractivity contribution in [2.75, 3.05) is 38.4 Å². The number of benzene rings is 2. The highest BCUT2D eigenvalue weighted by molar-refractivity contribution is 7.48. The topological polar surface area (TPSA) is 303 Å². The number of esters is 3. The van der Waals surface area contributed by atoms with Crippen LogP contribution < -0.4 is 31.7 Å². The van der Waals surface area contributed by atoms with Gasteiger partial charge in [-0.15, -0.1) is 6.58 Å². The van der Waals surface area contributed by atoms with Crippen LogP contribution in [0.25, 0.3) is 0 Å². The van der Waals surface area contributed by atoms with Gasteiger partial charge in [0, 0.05) is 19.5 Å². The van der Waals surface area contributed by atoms with Gasteiger partial charge in [0.15, 0.2) is 0 Å². The third kappa shape index (κ3) is 19.6. The van der Waals surface area contributed by atoms with Gasteiger partial charge < -0.3 is 44.4 Å². The number of rotatable bonds is 28. The van der Waals surface area contributed by atoms with E-state index in [9.17, 15) is 42.9 Å². The van der Waals surface area contributed by atoms with Crippen molar-refractivity contribution in [2.45, 2.75) is 83.7 Å². The molecule has 25 heteroatoms. The fourth-order valence-electron chi connectivity index (χ4n) is 6.44. The summed E-state index contributed by atoms with van der Waals surface area (Å²) in [7, 11) is -4.79. The van der Waals surface area contributed by atoms with E-state index in [1.807, 2.05) is 18.2 Å². The largest absolute Gasteiger partial charge is 0.475 e. The number of nitrogens with zero attached hydrogens (tertiary/aromatic N) is 2. The number of alkyl carbamates (subject to hydrolysis) is 1. The van der Waals surface area contributed by atoms with Gasteiger partial charge in [0.25, 0.3) is 0 Å². The molecule has 2 heterocycles. The Balaban J connectivity index is 1.45. The quantitative estimate of drug-likeness (QED) is 0.0258. The summed E-state index contributed by atoms with van der Waals surface area (Å²) in [6.45, 7) is 13.5. The summed E-state index contributed by atoms with van der Waals surface area (Å²) in [5, 5.41) is 9.60. The maximum absolute atomic E-state index is 14.2. The second-order valence-electron chi connectivity index (χ2n) is 16.1. The molecule has 394 valence electrons. The fraction of sp³-hybridized carbons (Fsp3) is 0.396. The second kappa shape index (κ2) is 29.1. The maximum Gasteiger partial charge on any atom is 0.475 e. The Kier molecular flexibility index (Phi) is 23.2. The number of phosphoric ester groups is 1. The molecule has 0 aliphatic carbocycles. The summed E-state index contributed by atoms with van der Waals surface area (Å²) in [4.78, 5) is 107. The predicted octanol–water partition coefficient (Wildman–Crippen LogP) is 4.36. The van der Waals surface area contributed by atoms with Crippen molar-refractivity contribution in [1.82, 2.24) is 25.5 Å². The van der Waals surface area contributed by atoms with E-state index in [2.05, 4.69) is 46.0 Å². The van der Waals surface area contributed by atoms with E-state index >= 15 is 0 Å². The number of carbonyl (C=O) groups is 7. The minimum atomic E-state index is -4.79. The molecule has 0 spiro atoms. The Hall–Kier alpha value is -7.50. The lowest BCUT2D eigenvalue weighted by molar-refractivity contribution is -0.150. The number of ether oxygens (including phenoxy) is 6. The van der Waals surface area contributed by atoms with Gasteiger partial charge in [-0.25, -0.2) is 23.7 Å². The molecule has 2 unspecified atom stereocenters. The molecule has 1 aliphatic rings. The van der Waals surface area contributed by atoms with Crippen LogP contribution in [0.1, 0.15) is 51.5 Å². The highest BCUT2D eigenvalue weighted by Gasteiger charge is 2.42. The van der Waals surface area contributed by atoms with E-state index in [1.165, 1.54) is 49.5 Å². The minimum Gasteiger partial charge on any atom is -0.460 e. The molecular formula is C48H59N6O18P. The Labute approximate surface area is 420 Å². The number of nitrogens with one attached hydrogen (secondary N) is 4. The zero-order valence-corrected chi connectivity index (χ0v) is 41.5. The molecule has 0 bridgehead atoms. The van der Waals surface area contributed by atoms with Crippen LogP contribution in [0.2, 0.25) is 0 Å². The standard InChI is InChI=1S/C48H59N6O18P/c1-8-22-64-45(59)31(6)49-43(57)36(50-44(58)42(30(4)5)53-48(62)66-27-34-16-18-35(19-17-34)71-41(56)25-33-14-12-11-13-15-33)28-68-73(63,67-24-10-3)69-29-38-37(70-32(7)55)26-40(72-38)54-21-20-39(51-46(54)60)52-47(61)65-23-9-2/h8-21,30-31,36-38,40,42H,1-3,22-29H2,4-7H3,(H,49,57)(H,50,58)(H,53,62)(H,51,52,60,61)/t31-,36?,37-,38+,40+,42-,73?/m0/s1. The summed E-state index contributed by atoms with van der Waals surface area (Å²) in [5.41, 5.74) is 0.426. The first-order chi connectivity index (χ1) is 34.8. The van der Waals surface area contributed by atoms with Crippen LogP contribution in [0.5, 0.6) is 5.75 Å². The average molecular weight is 1040 g/mol. The number of hydrogen-bond donors (Lipinski definition) is 4. The first-order valence-electron chi connectivity index (χ1n) is 22.6. The van der Waals surface area contributed by atoms with Crippen LogP contribution in [-0.2, 0) is 78.8 Å². The molecule has 1 aromatic heterocycles. The molecule has 1 fully saturated rings. The van der Waals surface area contributed by atoms with Crippen LogP contribution in [0.3, 0.4) is 0 Å². The van der Waals surface area contributed by atoms with Crippen LogP contribution in [0.4, 0.5) is 15.4 Å². The molecule has 7 atom stereocenters. The van der Waals surface area contributed by atoms with Crippen molar-refractivity contribution in [2.24, 2.45) is 5.92 Å². The van der Waals surface area contributed by atoms with Gasteiger partial charge in [-0.1, -0.05) is 87.7 Å². The lowest BCUT2D eigenvalue weighted by Gasteiger charge is -2.27. The summed E-state index contributed by atoms with van der Waals surface area (Å²) in [6, 6.07) is 12.2. The molecule has 3 aromatic rings. The highest BCUT2D eigenvalue weighted by Crippen LogP contribution is 2.50. The van der Waals surface area contributed by atoms with E-state index in [-0.39, 0.29) is 44.2 Å². The molecule has 0 saturated carbocycles. The van der Waals surface area contributed by atoms with E-state index in [0.717, 1.165) is 17.1 Å². The van der Waals surface area contributed by atoms with E-state index in [1.54, 1.807) is 38.1 Å². The molecule has 0 radical (unpaired) electrons. The van der Waals surface area contributed by atoms with E-state index in [0.29, 0.717) is 5.56 Å². The van der Waals surface area contributed by atoms with Gasteiger partial charge in [0.1, 0.15) is 67.9 Å². The van der Waals surface area contributed by atoms with Crippen molar-refractivity contribution >= 4 is 55.5 Å². The van der Waals surface area contributed by atoms with Gasteiger partial charge in [-0.3, -0.25) is 42.6 Å². The second-order valence-corrected chi connectivity index (χ2v) is 17.8. The smallest absolute Gasteiger partial charge is 0.460 e. The van der Waals surface area contributed by atoms with Crippen LogP contribution in [0.15, 0.2) is 110 Å². The number of phosphoric acid groups is 1. The summed E-state index contributed by atoms with van der Waals surface area (Å²) >= 11 is 0. The van der Waals surface area contributed by atoms with Crippen molar-refractivity contribution in [3.63, 3.8) is 0 Å². The molecule has 1 saturated heterocycles. The molecular weight excluding hydrogens is 980 g/mol. The number of aromatic nitrogens is 2. The van der Waals surface area contributed by atoms with Crippen molar-refractivity contribution in [3.8, 4) is 5.75 Å². The van der Waals surface area contributed by atoms with Gasteiger partial charge >= 0.3 is 43.6 Å². The number of hydrogen-bond acceptors (Lipinski definition) is 19. The zero-order chi connectivity index (χ0) is 53.5. The third-order valence-electron chi connectivity index (χ3n) is 9.97.